The molecule has 8 nitrogen and oxygen atoms in total. The van der Waals surface area contributed by atoms with Crippen LogP contribution < -0.4 is 19.6 Å². The molecule has 31 heavy (non-hydrogen) atoms. The highest BCUT2D eigenvalue weighted by atomic mass is 16.6. The molecule has 158 valence electrons. The Morgan fingerprint density at radius 3 is 2.42 bits per heavy atom. The van der Waals surface area contributed by atoms with Gasteiger partial charge in [0.15, 0.2) is 11.5 Å². The number of nitrogens with one attached hydrogen (secondary N) is 1. The Hall–Kier alpha value is -4.20. The van der Waals surface area contributed by atoms with Gasteiger partial charge in [-0.05, 0) is 67.1 Å². The number of ether oxygens (including phenoxy) is 3. The van der Waals surface area contributed by atoms with Crippen LogP contribution in [-0.2, 0) is 0 Å². The molecular formula is C23H21N3O5. The van der Waals surface area contributed by atoms with Gasteiger partial charge in [0.25, 0.3) is 5.91 Å². The zero-order valence-corrected chi connectivity index (χ0v) is 17.1. The molecule has 2 aromatic carbocycles. The number of pyridine rings is 1. The van der Waals surface area contributed by atoms with Crippen molar-refractivity contribution >= 4 is 18.1 Å². The monoisotopic (exact) mass is 419 g/mol. The lowest BCUT2D eigenvalue weighted by molar-refractivity contribution is 0.0728. The molecular weight excluding hydrogens is 398 g/mol. The number of carbonyl (C=O) groups excluding carboxylic acids is 2. The summed E-state index contributed by atoms with van der Waals surface area (Å²) in [5.41, 5.74) is 3.93. The summed E-state index contributed by atoms with van der Waals surface area (Å²) < 4.78 is 16.2. The van der Waals surface area contributed by atoms with Gasteiger partial charge in [-0.15, -0.1) is 0 Å². The highest BCUT2D eigenvalue weighted by Crippen LogP contribution is 2.29. The molecule has 0 atom stereocenters. The number of amides is 1. The Morgan fingerprint density at radius 2 is 1.74 bits per heavy atom. The number of hydrogen-bond donors (Lipinski definition) is 1. The molecule has 8 heteroatoms. The van der Waals surface area contributed by atoms with Crippen LogP contribution in [0.5, 0.6) is 17.2 Å². The summed E-state index contributed by atoms with van der Waals surface area (Å²) in [6, 6.07) is 14.7. The fraction of sp³-hybridized carbons (Fsp3) is 0.130. The third-order valence-electron chi connectivity index (χ3n) is 4.12. The highest BCUT2D eigenvalue weighted by molar-refractivity contribution is 5.95. The molecule has 0 bridgehead atoms. The number of methoxy groups -OCH3 is 1. The molecule has 0 aliphatic rings. The first-order valence-corrected chi connectivity index (χ1v) is 9.47. The summed E-state index contributed by atoms with van der Waals surface area (Å²) in [5.74, 6) is 0.434. The van der Waals surface area contributed by atoms with Crippen molar-refractivity contribution in [1.82, 2.24) is 10.4 Å². The van der Waals surface area contributed by atoms with E-state index < -0.39 is 5.97 Å². The summed E-state index contributed by atoms with van der Waals surface area (Å²) >= 11 is 0. The van der Waals surface area contributed by atoms with Crippen molar-refractivity contribution in [3.63, 3.8) is 0 Å². The number of carbonyl (C=O) groups is 2. The van der Waals surface area contributed by atoms with Crippen LogP contribution >= 0.6 is 0 Å². The number of esters is 1. The summed E-state index contributed by atoms with van der Waals surface area (Å²) in [6.45, 7) is 2.21. The van der Waals surface area contributed by atoms with Crippen LogP contribution in [-0.4, -0.2) is 36.8 Å². The average molecular weight is 419 g/mol. The van der Waals surface area contributed by atoms with E-state index in [1.165, 1.54) is 18.6 Å². The Bertz CT molecular complexity index is 1070. The van der Waals surface area contributed by atoms with Crippen molar-refractivity contribution in [3.05, 3.63) is 83.7 Å². The Morgan fingerprint density at radius 1 is 1.00 bits per heavy atom. The largest absolute Gasteiger partial charge is 0.497 e. The van der Waals surface area contributed by atoms with Crippen LogP contribution in [0.4, 0.5) is 0 Å². The van der Waals surface area contributed by atoms with Gasteiger partial charge >= 0.3 is 5.97 Å². The molecule has 1 N–H and O–H groups in total. The topological polar surface area (TPSA) is 99.1 Å². The third-order valence-corrected chi connectivity index (χ3v) is 4.12. The van der Waals surface area contributed by atoms with E-state index in [1.54, 1.807) is 61.7 Å². The zero-order chi connectivity index (χ0) is 22.1. The Kier molecular flexibility index (Phi) is 7.31. The van der Waals surface area contributed by atoms with Gasteiger partial charge < -0.3 is 14.2 Å². The second-order valence-electron chi connectivity index (χ2n) is 6.19. The fourth-order valence-corrected chi connectivity index (χ4v) is 2.58. The minimum Gasteiger partial charge on any atom is -0.497 e. The van der Waals surface area contributed by atoms with Gasteiger partial charge in [0.2, 0.25) is 0 Å². The van der Waals surface area contributed by atoms with Gasteiger partial charge in [0.05, 0.1) is 25.5 Å². The van der Waals surface area contributed by atoms with E-state index in [0.717, 1.165) is 0 Å². The quantitative estimate of drug-likeness (QED) is 0.260. The first-order chi connectivity index (χ1) is 15.1. The molecule has 0 aliphatic heterocycles. The van der Waals surface area contributed by atoms with Crippen LogP contribution in [0.1, 0.15) is 33.2 Å². The Balaban J connectivity index is 1.69. The number of benzene rings is 2. The van der Waals surface area contributed by atoms with Crippen molar-refractivity contribution in [1.29, 1.82) is 0 Å². The second-order valence-corrected chi connectivity index (χ2v) is 6.19. The van der Waals surface area contributed by atoms with Gasteiger partial charge in [-0.1, -0.05) is 0 Å². The Labute approximate surface area is 179 Å². The molecule has 3 rings (SSSR count). The lowest BCUT2D eigenvalue weighted by Gasteiger charge is -2.11. The van der Waals surface area contributed by atoms with E-state index in [0.29, 0.717) is 34.8 Å². The predicted octanol–water partition coefficient (Wildman–Crippen LogP) is 3.47. The lowest BCUT2D eigenvalue weighted by atomic mass is 10.2. The van der Waals surface area contributed by atoms with Gasteiger partial charge in [0.1, 0.15) is 5.75 Å². The van der Waals surface area contributed by atoms with Crippen LogP contribution in [0, 0.1) is 0 Å². The molecule has 1 heterocycles. The summed E-state index contributed by atoms with van der Waals surface area (Å²) in [5, 5.41) is 3.95. The van der Waals surface area contributed by atoms with Gasteiger partial charge in [-0.25, -0.2) is 10.2 Å². The molecule has 0 radical (unpaired) electrons. The molecule has 0 saturated heterocycles. The molecule has 0 fully saturated rings. The van der Waals surface area contributed by atoms with E-state index in [-0.39, 0.29) is 11.7 Å². The molecule has 0 spiro atoms. The number of hydrogen-bond acceptors (Lipinski definition) is 7. The van der Waals surface area contributed by atoms with Crippen molar-refractivity contribution < 1.29 is 23.8 Å². The molecule has 0 aliphatic carbocycles. The maximum atomic E-state index is 12.4. The predicted molar refractivity (Wildman–Crippen MR) is 115 cm³/mol. The average Bonchev–Trinajstić information content (AvgIpc) is 2.81. The third kappa shape index (κ3) is 5.89. The first kappa shape index (κ1) is 21.5. The smallest absolute Gasteiger partial charge is 0.343 e. The van der Waals surface area contributed by atoms with Crippen LogP contribution in [0.15, 0.2) is 72.1 Å². The molecule has 1 aromatic heterocycles. The molecule has 1 amide bonds. The normalized spacial score (nSPS) is 10.5. The molecule has 0 saturated carbocycles. The molecule has 0 unspecified atom stereocenters. The van der Waals surface area contributed by atoms with Crippen LogP contribution in [0.2, 0.25) is 0 Å². The summed E-state index contributed by atoms with van der Waals surface area (Å²) in [6.07, 6.45) is 4.52. The summed E-state index contributed by atoms with van der Waals surface area (Å²) in [4.78, 5) is 28.3. The number of aromatic nitrogens is 1. The van der Waals surface area contributed by atoms with Gasteiger partial charge in [-0.2, -0.15) is 5.10 Å². The van der Waals surface area contributed by atoms with E-state index in [4.69, 9.17) is 14.2 Å². The van der Waals surface area contributed by atoms with Gasteiger partial charge in [0, 0.05) is 18.0 Å². The van der Waals surface area contributed by atoms with E-state index in [9.17, 15) is 9.59 Å². The van der Waals surface area contributed by atoms with Crippen molar-refractivity contribution in [3.8, 4) is 17.2 Å². The van der Waals surface area contributed by atoms with E-state index in [2.05, 4.69) is 15.5 Å². The zero-order valence-electron chi connectivity index (χ0n) is 17.1. The minimum atomic E-state index is -0.519. The SMILES string of the molecule is CCOc1cc(/C=N/NC(=O)c2ccncc2)ccc1OC(=O)c1ccc(OC)cc1. The number of hydrazone groups is 1. The van der Waals surface area contributed by atoms with Crippen LogP contribution in [0.3, 0.4) is 0 Å². The van der Waals surface area contributed by atoms with Crippen molar-refractivity contribution in [2.24, 2.45) is 5.10 Å². The fourth-order valence-electron chi connectivity index (χ4n) is 2.58. The number of nitrogens with zero attached hydrogens (tertiary/aromatic N) is 2. The highest BCUT2D eigenvalue weighted by Gasteiger charge is 2.13. The maximum absolute atomic E-state index is 12.4. The lowest BCUT2D eigenvalue weighted by Crippen LogP contribution is -2.17. The van der Waals surface area contributed by atoms with E-state index >= 15 is 0 Å². The minimum absolute atomic E-state index is 0.278. The van der Waals surface area contributed by atoms with Gasteiger partial charge in [-0.3, -0.25) is 9.78 Å². The standard InChI is InChI=1S/C23H21N3O5/c1-3-30-21-14-16(15-25-26-22(27)17-10-12-24-13-11-17)4-9-20(21)31-23(28)18-5-7-19(29-2)8-6-18/h4-15H,3H2,1-2H3,(H,26,27)/b25-15+. The molecule has 3 aromatic rings. The van der Waals surface area contributed by atoms with Crippen molar-refractivity contribution in [2.45, 2.75) is 6.92 Å². The maximum Gasteiger partial charge on any atom is 0.343 e. The summed E-state index contributed by atoms with van der Waals surface area (Å²) in [7, 11) is 1.55. The van der Waals surface area contributed by atoms with Crippen molar-refractivity contribution in [2.75, 3.05) is 13.7 Å². The number of rotatable bonds is 8. The van der Waals surface area contributed by atoms with Crippen LogP contribution in [0.25, 0.3) is 0 Å². The first-order valence-electron chi connectivity index (χ1n) is 9.47. The second kappa shape index (κ2) is 10.5. The van der Waals surface area contributed by atoms with E-state index in [1.807, 2.05) is 6.92 Å².